The van der Waals surface area contributed by atoms with Crippen molar-refractivity contribution in [1.29, 1.82) is 5.41 Å². The minimum absolute atomic E-state index is 0.211. The third-order valence-corrected chi connectivity index (χ3v) is 8.46. The molecule has 0 unspecified atom stereocenters. The fourth-order valence-electron chi connectivity index (χ4n) is 5.44. The molecule has 3 heterocycles. The molecule has 2 N–H and O–H groups in total. The van der Waals surface area contributed by atoms with Gasteiger partial charge in [-0.3, -0.25) is 4.79 Å². The van der Waals surface area contributed by atoms with E-state index in [9.17, 15) is 9.90 Å². The molecular weight excluding hydrogens is 537 g/mol. The van der Waals surface area contributed by atoms with E-state index in [4.69, 9.17) is 33.6 Å². The lowest BCUT2D eigenvalue weighted by Gasteiger charge is -2.44. The molecule has 9 nitrogen and oxygen atoms in total. The van der Waals surface area contributed by atoms with E-state index < -0.39 is 5.97 Å². The Morgan fingerprint density at radius 3 is 2.74 bits per heavy atom. The van der Waals surface area contributed by atoms with Crippen molar-refractivity contribution in [2.75, 3.05) is 31.1 Å². The van der Waals surface area contributed by atoms with Crippen LogP contribution in [0.2, 0.25) is 10.0 Å². The minimum atomic E-state index is -0.685. The Morgan fingerprint density at radius 2 is 2.05 bits per heavy atom. The Balaban J connectivity index is 1.23. The first-order valence-corrected chi connectivity index (χ1v) is 14.1. The molecule has 2 aromatic heterocycles. The maximum Gasteiger partial charge on any atom is 0.306 e. The van der Waals surface area contributed by atoms with E-state index in [-0.39, 0.29) is 5.92 Å². The van der Waals surface area contributed by atoms with Crippen LogP contribution in [-0.4, -0.2) is 74.2 Å². The molecular formula is C28H33Cl2N7O2. The van der Waals surface area contributed by atoms with Gasteiger partial charge in [-0.05, 0) is 82.4 Å². The minimum Gasteiger partial charge on any atom is -0.481 e. The number of fused-ring (bicyclic) bond motifs is 1. The number of aromatic nitrogens is 4. The van der Waals surface area contributed by atoms with Crippen LogP contribution in [0.1, 0.15) is 43.4 Å². The van der Waals surface area contributed by atoms with Gasteiger partial charge in [0.1, 0.15) is 11.3 Å². The molecule has 11 heteroatoms. The van der Waals surface area contributed by atoms with Gasteiger partial charge in [-0.1, -0.05) is 29.8 Å². The maximum atomic E-state index is 11.3. The van der Waals surface area contributed by atoms with Crippen molar-refractivity contribution in [3.8, 4) is 0 Å². The highest BCUT2D eigenvalue weighted by Gasteiger charge is 2.38. The fraction of sp³-hybridized carbons (Fsp3) is 0.464. The smallest absolute Gasteiger partial charge is 0.306 e. The number of carbonyl (C=O) groups is 1. The summed E-state index contributed by atoms with van der Waals surface area (Å²) in [7, 11) is 0. The lowest BCUT2D eigenvalue weighted by Crippen LogP contribution is -2.51. The number of hydrogen-bond donors (Lipinski definition) is 2. The Morgan fingerprint density at radius 1 is 1.28 bits per heavy atom. The lowest BCUT2D eigenvalue weighted by atomic mass is 9.79. The second-order valence-electron chi connectivity index (χ2n) is 10.6. The van der Waals surface area contributed by atoms with E-state index in [1.165, 1.54) is 6.21 Å². The number of carboxylic acid groups (broad SMARTS) is 1. The highest BCUT2D eigenvalue weighted by atomic mass is 35.5. The Hall–Kier alpha value is -3.01. The SMILES string of the molecule is C=C(c1ccc(Cl)cc1Cl)n1nc(C)c2ncc(N3CC(CCN(CCCC=N)C4CC(C(=O)O)C4)C3)nc21. The molecule has 0 atom stereocenters. The molecule has 206 valence electrons. The Kier molecular flexibility index (Phi) is 8.21. The zero-order valence-electron chi connectivity index (χ0n) is 22.0. The standard InChI is InChI=1S/C28H33Cl2N7O2/c1-17-26-27(37(34-17)18(2)23-6-5-21(29)13-24(23)30)33-25(14-32-26)36-15-19(16-36)7-10-35(9-4-3-8-31)22-11-20(12-22)28(38)39/h5-6,8,13-14,19-20,22,31H,2-4,7,9-12,15-16H2,1H3,(H,38,39). The molecule has 0 spiro atoms. The fourth-order valence-corrected chi connectivity index (χ4v) is 5.96. The first-order valence-electron chi connectivity index (χ1n) is 13.3. The van der Waals surface area contributed by atoms with Crippen LogP contribution in [0.15, 0.2) is 31.0 Å². The van der Waals surface area contributed by atoms with Crippen LogP contribution in [0.3, 0.4) is 0 Å². The normalized spacial score (nSPS) is 19.2. The molecule has 1 aliphatic heterocycles. The number of aryl methyl sites for hydroxylation is 1. The largest absolute Gasteiger partial charge is 0.481 e. The summed E-state index contributed by atoms with van der Waals surface area (Å²) in [5.74, 6) is 0.449. The maximum absolute atomic E-state index is 11.3. The van der Waals surface area contributed by atoms with Gasteiger partial charge < -0.3 is 20.3 Å². The van der Waals surface area contributed by atoms with Crippen molar-refractivity contribution in [3.05, 3.63) is 52.3 Å². The average molecular weight is 571 g/mol. The van der Waals surface area contributed by atoms with Crippen LogP contribution < -0.4 is 4.90 Å². The number of hydrogen-bond acceptors (Lipinski definition) is 7. The van der Waals surface area contributed by atoms with Crippen LogP contribution in [0.5, 0.6) is 0 Å². The van der Waals surface area contributed by atoms with Crippen molar-refractivity contribution in [2.45, 2.75) is 45.1 Å². The Bertz CT molecular complexity index is 1400. The van der Waals surface area contributed by atoms with Crippen LogP contribution in [0.4, 0.5) is 5.82 Å². The van der Waals surface area contributed by atoms with Crippen LogP contribution in [-0.2, 0) is 4.79 Å². The van der Waals surface area contributed by atoms with E-state index in [1.807, 2.05) is 13.0 Å². The molecule has 0 amide bonds. The van der Waals surface area contributed by atoms with Crippen molar-refractivity contribution in [1.82, 2.24) is 24.6 Å². The number of benzene rings is 1. The second-order valence-corrected chi connectivity index (χ2v) is 11.4. The monoisotopic (exact) mass is 569 g/mol. The molecule has 5 rings (SSSR count). The van der Waals surface area contributed by atoms with Crippen molar-refractivity contribution >= 4 is 58.1 Å². The summed E-state index contributed by atoms with van der Waals surface area (Å²) < 4.78 is 1.70. The van der Waals surface area contributed by atoms with Crippen molar-refractivity contribution in [2.24, 2.45) is 11.8 Å². The van der Waals surface area contributed by atoms with Gasteiger partial charge >= 0.3 is 5.97 Å². The van der Waals surface area contributed by atoms with Gasteiger partial charge in [0.2, 0.25) is 0 Å². The summed E-state index contributed by atoms with van der Waals surface area (Å²) in [6.07, 6.45) is 7.46. The second kappa shape index (κ2) is 11.6. The zero-order valence-corrected chi connectivity index (χ0v) is 23.5. The third kappa shape index (κ3) is 5.81. The van der Waals surface area contributed by atoms with Crippen molar-refractivity contribution < 1.29 is 9.90 Å². The number of aliphatic carboxylic acids is 1. The first-order chi connectivity index (χ1) is 18.7. The van der Waals surface area contributed by atoms with Gasteiger partial charge in [0, 0.05) is 29.7 Å². The third-order valence-electron chi connectivity index (χ3n) is 7.91. The highest BCUT2D eigenvalue weighted by Crippen LogP contribution is 2.34. The molecule has 2 fully saturated rings. The molecule has 1 saturated carbocycles. The summed E-state index contributed by atoms with van der Waals surface area (Å²) in [5.41, 5.74) is 3.46. The van der Waals surface area contributed by atoms with Crippen molar-refractivity contribution in [3.63, 3.8) is 0 Å². The van der Waals surface area contributed by atoms with E-state index in [1.54, 1.807) is 23.0 Å². The molecule has 1 aliphatic carbocycles. The topological polar surface area (TPSA) is 111 Å². The summed E-state index contributed by atoms with van der Waals surface area (Å²) in [5, 5.41) is 22.3. The Labute approximate surface area is 237 Å². The summed E-state index contributed by atoms with van der Waals surface area (Å²) in [4.78, 5) is 25.5. The van der Waals surface area contributed by atoms with Gasteiger partial charge in [0.05, 0.1) is 28.5 Å². The molecule has 3 aromatic rings. The number of nitrogens with zero attached hydrogens (tertiary/aromatic N) is 6. The number of carboxylic acids is 1. The van der Waals surface area contributed by atoms with E-state index >= 15 is 0 Å². The predicted octanol–water partition coefficient (Wildman–Crippen LogP) is 5.38. The number of anilines is 1. The summed E-state index contributed by atoms with van der Waals surface area (Å²) in [6, 6.07) is 5.62. The number of nitrogens with one attached hydrogen (secondary N) is 1. The number of rotatable bonds is 12. The zero-order chi connectivity index (χ0) is 27.7. The van der Waals surface area contributed by atoms with E-state index in [0.29, 0.717) is 33.3 Å². The van der Waals surface area contributed by atoms with Gasteiger partial charge in [-0.15, -0.1) is 0 Å². The van der Waals surface area contributed by atoms with Crippen LogP contribution in [0, 0.1) is 24.2 Å². The lowest BCUT2D eigenvalue weighted by molar-refractivity contribution is -0.147. The van der Waals surface area contributed by atoms with Gasteiger partial charge in [-0.2, -0.15) is 5.10 Å². The highest BCUT2D eigenvalue weighted by molar-refractivity contribution is 6.35. The van der Waals surface area contributed by atoms with Crippen LogP contribution in [0.25, 0.3) is 16.9 Å². The predicted molar refractivity (Wildman–Crippen MR) is 155 cm³/mol. The quantitative estimate of drug-likeness (QED) is 0.222. The number of halogens is 2. The summed E-state index contributed by atoms with van der Waals surface area (Å²) in [6.45, 7) is 9.78. The molecule has 1 aromatic carbocycles. The average Bonchev–Trinajstić information content (AvgIpc) is 3.17. The van der Waals surface area contributed by atoms with Gasteiger partial charge in [0.15, 0.2) is 5.65 Å². The van der Waals surface area contributed by atoms with E-state index in [2.05, 4.69) is 26.5 Å². The molecule has 0 radical (unpaired) electrons. The molecule has 1 saturated heterocycles. The molecule has 2 aliphatic rings. The molecule has 0 bridgehead atoms. The number of unbranched alkanes of at least 4 members (excludes halogenated alkanes) is 1. The molecule has 39 heavy (non-hydrogen) atoms. The van der Waals surface area contributed by atoms with Gasteiger partial charge in [0.25, 0.3) is 0 Å². The van der Waals surface area contributed by atoms with Crippen LogP contribution >= 0.6 is 23.2 Å². The summed E-state index contributed by atoms with van der Waals surface area (Å²) >= 11 is 12.5. The van der Waals surface area contributed by atoms with Gasteiger partial charge in [-0.25, -0.2) is 14.6 Å². The first kappa shape index (κ1) is 27.6. The van der Waals surface area contributed by atoms with E-state index in [0.717, 1.165) is 80.9 Å².